The lowest BCUT2D eigenvalue weighted by Gasteiger charge is -2.05. The van der Waals surface area contributed by atoms with Crippen molar-refractivity contribution in [3.05, 3.63) is 47.7 Å². The van der Waals surface area contributed by atoms with Crippen LogP contribution in [0.15, 0.2) is 46.4 Å². The van der Waals surface area contributed by atoms with Crippen LogP contribution >= 0.6 is 23.1 Å². The number of thiazole rings is 1. The number of nitrogens with zero attached hydrogens (tertiary/aromatic N) is 1. The maximum Gasteiger partial charge on any atom is 0.586 e. The van der Waals surface area contributed by atoms with Crippen LogP contribution in [0.25, 0.3) is 10.8 Å². The van der Waals surface area contributed by atoms with E-state index in [2.05, 4.69) is 19.8 Å². The van der Waals surface area contributed by atoms with Gasteiger partial charge in [0.25, 0.3) is 0 Å². The van der Waals surface area contributed by atoms with Crippen LogP contribution in [0.5, 0.6) is 11.5 Å². The van der Waals surface area contributed by atoms with Gasteiger partial charge < -0.3 is 19.2 Å². The Morgan fingerprint density at radius 2 is 2.11 bits per heavy atom. The summed E-state index contributed by atoms with van der Waals surface area (Å²) in [5.74, 6) is 1.03. The molecule has 1 N–H and O–H groups in total. The van der Waals surface area contributed by atoms with Gasteiger partial charge in [-0.05, 0) is 24.3 Å². The number of nitrogens with one attached hydrogen (secondary N) is 1. The van der Waals surface area contributed by atoms with E-state index in [4.69, 9.17) is 4.42 Å². The first-order valence-corrected chi connectivity index (χ1v) is 9.78. The summed E-state index contributed by atoms with van der Waals surface area (Å²) in [7, 11) is 0. The number of thioether (sulfide) groups is 1. The monoisotopic (exact) mass is 410 g/mol. The fraction of sp³-hybridized carbons (Fsp3) is 0.176. The van der Waals surface area contributed by atoms with Gasteiger partial charge in [0.2, 0.25) is 5.91 Å². The molecule has 3 heterocycles. The third-order valence-electron chi connectivity index (χ3n) is 3.45. The van der Waals surface area contributed by atoms with Crippen LogP contribution in [0.1, 0.15) is 5.69 Å². The van der Waals surface area contributed by atoms with Crippen LogP contribution in [0.3, 0.4) is 0 Å². The number of aromatic nitrogens is 1. The minimum atomic E-state index is -3.68. The van der Waals surface area contributed by atoms with Gasteiger partial charge >= 0.3 is 6.29 Å². The van der Waals surface area contributed by atoms with Crippen molar-refractivity contribution in [3.8, 4) is 22.3 Å². The molecule has 1 amide bonds. The van der Waals surface area contributed by atoms with Crippen LogP contribution in [-0.4, -0.2) is 22.9 Å². The Morgan fingerprint density at radius 3 is 2.93 bits per heavy atom. The van der Waals surface area contributed by atoms with Gasteiger partial charge in [0.05, 0.1) is 17.7 Å². The zero-order chi connectivity index (χ0) is 18.9. The number of carbonyl (C=O) groups is 1. The molecule has 1 aliphatic heterocycles. The first-order chi connectivity index (χ1) is 13.0. The molecular formula is C17H12F2N2O4S2. The van der Waals surface area contributed by atoms with Gasteiger partial charge in [0.15, 0.2) is 22.3 Å². The zero-order valence-electron chi connectivity index (χ0n) is 13.6. The molecule has 0 bridgehead atoms. The normalized spacial score (nSPS) is 14.3. The summed E-state index contributed by atoms with van der Waals surface area (Å²) < 4.78 is 40.0. The number of hydrogen-bond donors (Lipinski definition) is 1. The minimum Gasteiger partial charge on any atom is -0.462 e. The molecule has 0 atom stereocenters. The Kier molecular flexibility index (Phi) is 4.75. The Hall–Kier alpha value is -2.59. The number of furan rings is 1. The highest BCUT2D eigenvalue weighted by molar-refractivity contribution is 7.99. The van der Waals surface area contributed by atoms with Gasteiger partial charge in [0, 0.05) is 22.9 Å². The SMILES string of the molecule is O=C(CSCc1csc(-c2ccco2)n1)Nc1ccc2c(c1)OC(F)(F)O2. The highest BCUT2D eigenvalue weighted by Crippen LogP contribution is 2.42. The standard InChI is InChI=1S/C17H12F2N2O4S2/c18-17(19)24-12-4-3-10(6-14(12)25-17)20-15(22)9-26-7-11-8-27-16(21-11)13-2-1-5-23-13/h1-6,8H,7,9H2,(H,20,22). The number of alkyl halides is 2. The summed E-state index contributed by atoms with van der Waals surface area (Å²) in [6.07, 6.45) is -2.09. The van der Waals surface area contributed by atoms with Gasteiger partial charge in [-0.25, -0.2) is 4.98 Å². The summed E-state index contributed by atoms with van der Waals surface area (Å²) in [5.41, 5.74) is 1.21. The van der Waals surface area contributed by atoms with E-state index in [1.165, 1.54) is 41.3 Å². The fourth-order valence-corrected chi connectivity index (χ4v) is 3.97. The van der Waals surface area contributed by atoms with E-state index < -0.39 is 6.29 Å². The molecule has 0 saturated heterocycles. The quantitative estimate of drug-likeness (QED) is 0.640. The smallest absolute Gasteiger partial charge is 0.462 e. The molecule has 0 saturated carbocycles. The maximum atomic E-state index is 13.0. The second-order valence-corrected chi connectivity index (χ2v) is 7.33. The summed E-state index contributed by atoms with van der Waals surface area (Å²) in [6.45, 7) is 0. The highest BCUT2D eigenvalue weighted by Gasteiger charge is 2.43. The molecular weight excluding hydrogens is 398 g/mol. The van der Waals surface area contributed by atoms with Crippen molar-refractivity contribution in [2.24, 2.45) is 0 Å². The predicted octanol–water partition coefficient (Wildman–Crippen LogP) is 4.60. The summed E-state index contributed by atoms with van der Waals surface area (Å²) in [4.78, 5) is 16.5. The molecule has 27 heavy (non-hydrogen) atoms. The number of ether oxygens (including phenoxy) is 2. The van der Waals surface area contributed by atoms with Crippen molar-refractivity contribution in [2.75, 3.05) is 11.1 Å². The van der Waals surface area contributed by atoms with E-state index in [9.17, 15) is 13.6 Å². The van der Waals surface area contributed by atoms with Crippen molar-refractivity contribution in [2.45, 2.75) is 12.0 Å². The Balaban J connectivity index is 1.27. The van der Waals surface area contributed by atoms with Gasteiger partial charge in [-0.3, -0.25) is 4.79 Å². The van der Waals surface area contributed by atoms with Gasteiger partial charge in [-0.15, -0.1) is 31.9 Å². The van der Waals surface area contributed by atoms with Crippen molar-refractivity contribution in [3.63, 3.8) is 0 Å². The van der Waals surface area contributed by atoms with Crippen molar-refractivity contribution >= 4 is 34.7 Å². The van der Waals surface area contributed by atoms with E-state index >= 15 is 0 Å². The lowest BCUT2D eigenvalue weighted by Crippen LogP contribution is -2.25. The maximum absolute atomic E-state index is 13.0. The van der Waals surface area contributed by atoms with Crippen LogP contribution in [0.4, 0.5) is 14.5 Å². The van der Waals surface area contributed by atoms with E-state index in [0.29, 0.717) is 17.2 Å². The molecule has 1 aliphatic rings. The average molecular weight is 410 g/mol. The number of carbonyl (C=O) groups excluding carboxylic acids is 1. The molecule has 0 radical (unpaired) electrons. The molecule has 4 rings (SSSR count). The molecule has 2 aromatic heterocycles. The number of rotatable bonds is 6. The third-order valence-corrected chi connectivity index (χ3v) is 5.32. The number of halogens is 2. The zero-order valence-corrected chi connectivity index (χ0v) is 15.2. The van der Waals surface area contributed by atoms with Crippen molar-refractivity contribution in [1.29, 1.82) is 0 Å². The molecule has 6 nitrogen and oxygen atoms in total. The van der Waals surface area contributed by atoms with Crippen LogP contribution in [0, 0.1) is 0 Å². The first-order valence-electron chi connectivity index (χ1n) is 7.74. The number of amides is 1. The molecule has 3 aromatic rings. The second-order valence-electron chi connectivity index (χ2n) is 5.49. The van der Waals surface area contributed by atoms with Crippen molar-refractivity contribution < 1.29 is 27.5 Å². The van der Waals surface area contributed by atoms with Crippen LogP contribution < -0.4 is 14.8 Å². The van der Waals surface area contributed by atoms with Gasteiger partial charge in [0.1, 0.15) is 0 Å². The predicted molar refractivity (Wildman–Crippen MR) is 97.3 cm³/mol. The Bertz CT molecular complexity index is 960. The van der Waals surface area contributed by atoms with Crippen LogP contribution in [-0.2, 0) is 10.5 Å². The number of anilines is 1. The molecule has 0 aliphatic carbocycles. The van der Waals surface area contributed by atoms with E-state index in [0.717, 1.165) is 10.7 Å². The lowest BCUT2D eigenvalue weighted by molar-refractivity contribution is -0.286. The Morgan fingerprint density at radius 1 is 1.26 bits per heavy atom. The summed E-state index contributed by atoms with van der Waals surface area (Å²) in [6, 6.07) is 7.73. The van der Waals surface area contributed by atoms with E-state index in [1.807, 2.05) is 11.4 Å². The topological polar surface area (TPSA) is 73.6 Å². The molecule has 0 fully saturated rings. The lowest BCUT2D eigenvalue weighted by atomic mass is 10.3. The molecule has 1 aromatic carbocycles. The van der Waals surface area contributed by atoms with Crippen molar-refractivity contribution in [1.82, 2.24) is 4.98 Å². The molecule has 140 valence electrons. The van der Waals surface area contributed by atoms with Crippen LogP contribution in [0.2, 0.25) is 0 Å². The first kappa shape index (κ1) is 17.8. The average Bonchev–Trinajstić information content (AvgIpc) is 3.32. The minimum absolute atomic E-state index is 0.0664. The Labute approximate surface area is 160 Å². The summed E-state index contributed by atoms with van der Waals surface area (Å²) >= 11 is 2.87. The number of benzene rings is 1. The highest BCUT2D eigenvalue weighted by atomic mass is 32.2. The third kappa shape index (κ3) is 4.22. The molecule has 10 heteroatoms. The number of hydrogen-bond acceptors (Lipinski definition) is 7. The molecule has 0 spiro atoms. The molecule has 0 unspecified atom stereocenters. The summed E-state index contributed by atoms with van der Waals surface area (Å²) in [5, 5.41) is 5.35. The second kappa shape index (κ2) is 7.20. The van der Waals surface area contributed by atoms with Gasteiger partial charge in [-0.2, -0.15) is 0 Å². The number of fused-ring (bicyclic) bond motifs is 1. The fourth-order valence-electron chi connectivity index (χ4n) is 2.36. The van der Waals surface area contributed by atoms with E-state index in [-0.39, 0.29) is 23.2 Å². The van der Waals surface area contributed by atoms with E-state index in [1.54, 1.807) is 12.3 Å². The van der Waals surface area contributed by atoms with Gasteiger partial charge in [-0.1, -0.05) is 0 Å². The largest absolute Gasteiger partial charge is 0.586 e.